The molecule has 0 saturated carbocycles. The molecule has 4 aromatic rings. The lowest BCUT2D eigenvalue weighted by Gasteiger charge is -2.43. The van der Waals surface area contributed by atoms with E-state index in [1.54, 1.807) is 4.90 Å². The minimum atomic E-state index is -0.386. The second kappa shape index (κ2) is 31.5. The number of anilines is 4. The van der Waals surface area contributed by atoms with Crippen molar-refractivity contribution in [1.82, 2.24) is 29.4 Å². The predicted octanol–water partition coefficient (Wildman–Crippen LogP) is 9.19. The molecule has 15 heteroatoms. The van der Waals surface area contributed by atoms with E-state index in [9.17, 15) is 14.4 Å². The number of aliphatic hydroxyl groups is 1. The van der Waals surface area contributed by atoms with Crippen LogP contribution in [0.1, 0.15) is 115 Å². The van der Waals surface area contributed by atoms with Gasteiger partial charge in [-0.1, -0.05) is 104 Å². The third kappa shape index (κ3) is 19.1. The van der Waals surface area contributed by atoms with Crippen LogP contribution >= 0.6 is 0 Å². The summed E-state index contributed by atoms with van der Waals surface area (Å²) in [6.45, 7) is 37.3. The third-order valence-corrected chi connectivity index (χ3v) is 16.7. The number of ether oxygens (including phenoxy) is 1. The van der Waals surface area contributed by atoms with Gasteiger partial charge in [-0.2, -0.15) is 0 Å². The van der Waals surface area contributed by atoms with Crippen LogP contribution in [0.25, 0.3) is 0 Å². The summed E-state index contributed by atoms with van der Waals surface area (Å²) < 4.78 is 5.32. The molecule has 5 aliphatic rings. The lowest BCUT2D eigenvalue weighted by Crippen LogP contribution is -2.55. The quantitative estimate of drug-likeness (QED) is 0.155. The highest BCUT2D eigenvalue weighted by atomic mass is 16.5. The first-order valence-electron chi connectivity index (χ1n) is 30.3. The number of carbonyl (C=O) groups is 3. The summed E-state index contributed by atoms with van der Waals surface area (Å²) in [5.41, 5.74) is 10.6. The van der Waals surface area contributed by atoms with Crippen LogP contribution in [-0.4, -0.2) is 217 Å². The van der Waals surface area contributed by atoms with Crippen molar-refractivity contribution in [2.45, 2.75) is 105 Å². The topological polar surface area (TPSA) is 113 Å². The van der Waals surface area contributed by atoms with Crippen molar-refractivity contribution in [2.24, 2.45) is 0 Å². The van der Waals surface area contributed by atoms with Gasteiger partial charge in [0, 0.05) is 140 Å². The van der Waals surface area contributed by atoms with E-state index in [-0.39, 0.29) is 24.5 Å². The van der Waals surface area contributed by atoms with Gasteiger partial charge >= 0.3 is 6.03 Å². The van der Waals surface area contributed by atoms with Crippen molar-refractivity contribution in [3.8, 4) is 0 Å². The van der Waals surface area contributed by atoms with E-state index in [0.717, 1.165) is 91.6 Å². The number of rotatable bonds is 11. The van der Waals surface area contributed by atoms with Gasteiger partial charge in [0.15, 0.2) is 0 Å². The number of carbonyl (C=O) groups excluding carboxylic acids is 3. The summed E-state index contributed by atoms with van der Waals surface area (Å²) in [4.78, 5) is 57.4. The number of aliphatic hydroxyl groups excluding tert-OH is 1. The number of morpholine rings is 1. The Balaban J connectivity index is 0.000000175. The van der Waals surface area contributed by atoms with Gasteiger partial charge in [0.2, 0.25) is 11.8 Å². The van der Waals surface area contributed by atoms with Crippen LogP contribution < -0.4 is 19.6 Å². The van der Waals surface area contributed by atoms with Crippen LogP contribution in [0.2, 0.25) is 0 Å². The van der Waals surface area contributed by atoms with Crippen LogP contribution in [-0.2, 0) is 14.3 Å². The molecule has 5 saturated heterocycles. The number of hydrogen-bond acceptors (Lipinski definition) is 11. The van der Waals surface area contributed by atoms with Crippen LogP contribution in [0.15, 0.2) is 97.1 Å². The van der Waals surface area contributed by atoms with Crippen molar-refractivity contribution in [2.75, 3.05) is 172 Å². The Morgan fingerprint density at radius 1 is 0.444 bits per heavy atom. The summed E-state index contributed by atoms with van der Waals surface area (Å²) >= 11 is 0. The highest BCUT2D eigenvalue weighted by Crippen LogP contribution is 2.27. The van der Waals surface area contributed by atoms with E-state index in [0.29, 0.717) is 68.6 Å². The van der Waals surface area contributed by atoms with Crippen molar-refractivity contribution in [3.05, 3.63) is 119 Å². The van der Waals surface area contributed by atoms with E-state index in [4.69, 9.17) is 9.84 Å². The standard InChI is InChI=1S/C18H27N3O2.C17H27N3O.C16H26N2.C15H22N2O2/c1-15(2)16-3-5-17(6-4-16)19-7-9-20(10-8-19)18(22)21-11-13-23-14-12-21;1-14(2)15-5-7-16(8-6-15)19-9-11-20(12-10-19)17(21)13-18(3)4;1-12(2)15-6-8-16(9-7-15)18-10-13(3)17(5)14(4)11-18;1-12(2)13-3-5-14(6-4-13)16-7-9-17(10-8-16)15(19)11-18/h3-6,15H,7-14H2,1-2H3;5-8,14H,9-13H2,1-4H3;6-9,12-14H,10-11H2,1-5H3;3-6,12,18H,7-11H2,1-2H3. The largest absolute Gasteiger partial charge is 0.387 e. The molecule has 15 nitrogen and oxygen atoms in total. The van der Waals surface area contributed by atoms with Crippen molar-refractivity contribution >= 4 is 40.6 Å². The minimum Gasteiger partial charge on any atom is -0.387 e. The maximum atomic E-state index is 12.5. The van der Waals surface area contributed by atoms with Crippen LogP contribution in [0, 0.1) is 0 Å². The van der Waals surface area contributed by atoms with E-state index in [2.05, 4.69) is 198 Å². The summed E-state index contributed by atoms with van der Waals surface area (Å²) in [5.74, 6) is 2.36. The molecule has 2 unspecified atom stereocenters. The fourth-order valence-electron chi connectivity index (χ4n) is 10.9. The normalized spacial score (nSPS) is 19.1. The van der Waals surface area contributed by atoms with E-state index in [1.165, 1.54) is 45.0 Å². The lowest BCUT2D eigenvalue weighted by atomic mass is 10.0. The third-order valence-electron chi connectivity index (χ3n) is 16.7. The van der Waals surface area contributed by atoms with Gasteiger partial charge in [-0.3, -0.25) is 14.5 Å². The molecule has 81 heavy (non-hydrogen) atoms. The first-order chi connectivity index (χ1) is 38.7. The highest BCUT2D eigenvalue weighted by molar-refractivity contribution is 5.79. The van der Waals surface area contributed by atoms with E-state index >= 15 is 0 Å². The lowest BCUT2D eigenvalue weighted by molar-refractivity contribution is -0.134. The minimum absolute atomic E-state index is 0.170. The van der Waals surface area contributed by atoms with Gasteiger partial charge in [0.05, 0.1) is 19.8 Å². The molecule has 4 amide bonds. The molecule has 2 atom stereocenters. The molecule has 0 bridgehead atoms. The number of hydrogen-bond donors (Lipinski definition) is 1. The number of nitrogens with zero attached hydrogens (tertiary/aromatic N) is 10. The molecule has 0 aromatic heterocycles. The highest BCUT2D eigenvalue weighted by Gasteiger charge is 2.29. The number of amides is 4. The van der Waals surface area contributed by atoms with Crippen LogP contribution in [0.5, 0.6) is 0 Å². The smallest absolute Gasteiger partial charge is 0.320 e. The van der Waals surface area contributed by atoms with Crippen molar-refractivity contribution in [1.29, 1.82) is 0 Å². The SMILES string of the molecule is CC(C)c1ccc(N2CC(C)N(C)C(C)C2)cc1.CC(C)c1ccc(N2CCN(C(=O)CN(C)C)CC2)cc1.CC(C)c1ccc(N2CCN(C(=O)CO)CC2)cc1.CC(C)c1ccc(N2CCN(C(=O)N3CCOCC3)CC2)cc1. The molecular weight excluding hydrogens is 1010 g/mol. The Kier molecular flexibility index (Phi) is 25.0. The zero-order chi connectivity index (χ0) is 58.8. The molecule has 5 heterocycles. The van der Waals surface area contributed by atoms with Crippen LogP contribution in [0.4, 0.5) is 27.5 Å². The second-order valence-corrected chi connectivity index (χ2v) is 24.2. The van der Waals surface area contributed by atoms with Crippen molar-refractivity contribution in [3.63, 3.8) is 0 Å². The molecule has 9 rings (SSSR count). The molecular formula is C66H102N10O5. The summed E-state index contributed by atoms with van der Waals surface area (Å²) in [5, 5.41) is 8.85. The van der Waals surface area contributed by atoms with Gasteiger partial charge in [0.25, 0.3) is 0 Å². The number of urea groups is 1. The van der Waals surface area contributed by atoms with Gasteiger partial charge in [-0.15, -0.1) is 0 Å². The Morgan fingerprint density at radius 3 is 1.02 bits per heavy atom. The fraction of sp³-hybridized carbons (Fsp3) is 0.591. The molecule has 0 aliphatic carbocycles. The van der Waals surface area contributed by atoms with E-state index in [1.807, 2.05) is 33.7 Å². The zero-order valence-corrected chi connectivity index (χ0v) is 51.9. The van der Waals surface area contributed by atoms with Gasteiger partial charge in [0.1, 0.15) is 6.61 Å². The number of likely N-dealkylation sites (N-methyl/N-ethyl adjacent to an activating group) is 2. The predicted molar refractivity (Wildman–Crippen MR) is 336 cm³/mol. The van der Waals surface area contributed by atoms with E-state index < -0.39 is 0 Å². The molecule has 0 radical (unpaired) electrons. The maximum absolute atomic E-state index is 12.5. The van der Waals surface area contributed by atoms with Gasteiger partial charge in [-0.25, -0.2) is 4.79 Å². The Bertz CT molecular complexity index is 2460. The van der Waals surface area contributed by atoms with Gasteiger partial charge in [-0.05, 0) is 129 Å². The molecule has 5 aliphatic heterocycles. The number of benzene rings is 4. The molecule has 4 aromatic carbocycles. The fourth-order valence-corrected chi connectivity index (χ4v) is 10.9. The Morgan fingerprint density at radius 2 is 0.728 bits per heavy atom. The average Bonchev–Trinajstić information content (AvgIpc) is 3.49. The zero-order valence-electron chi connectivity index (χ0n) is 51.9. The van der Waals surface area contributed by atoms with Crippen LogP contribution in [0.3, 0.4) is 0 Å². The summed E-state index contributed by atoms with van der Waals surface area (Å²) in [6.07, 6.45) is 0. The summed E-state index contributed by atoms with van der Waals surface area (Å²) in [6, 6.07) is 36.8. The molecule has 446 valence electrons. The Hall–Kier alpha value is -5.87. The first-order valence-corrected chi connectivity index (χ1v) is 30.3. The molecule has 1 N–H and O–H groups in total. The molecule has 0 spiro atoms. The number of piperazine rings is 4. The monoisotopic (exact) mass is 1110 g/mol. The molecule has 5 fully saturated rings. The van der Waals surface area contributed by atoms with Crippen molar-refractivity contribution < 1.29 is 24.2 Å². The first kappa shape index (κ1) is 64.3. The summed E-state index contributed by atoms with van der Waals surface area (Å²) in [7, 11) is 6.10. The van der Waals surface area contributed by atoms with Gasteiger partial charge < -0.3 is 53.9 Å². The average molecular weight is 1120 g/mol. The Labute approximate surface area is 488 Å². The maximum Gasteiger partial charge on any atom is 0.320 e. The second-order valence-electron chi connectivity index (χ2n) is 24.2.